The number of nitrogens with one attached hydrogen (secondary N) is 1. The van der Waals surface area contributed by atoms with Gasteiger partial charge in [0.1, 0.15) is 0 Å². The minimum absolute atomic E-state index is 0.0128. The highest BCUT2D eigenvalue weighted by Crippen LogP contribution is 2.27. The van der Waals surface area contributed by atoms with E-state index in [0.29, 0.717) is 25.6 Å². The van der Waals surface area contributed by atoms with Gasteiger partial charge in [-0.15, -0.1) is 0 Å². The summed E-state index contributed by atoms with van der Waals surface area (Å²) in [4.78, 5) is 27.9. The van der Waals surface area contributed by atoms with Gasteiger partial charge in [0.15, 0.2) is 0 Å². The molecule has 0 aromatic carbocycles. The van der Waals surface area contributed by atoms with Crippen molar-refractivity contribution < 1.29 is 9.59 Å². The van der Waals surface area contributed by atoms with Gasteiger partial charge in [-0.1, -0.05) is 19.3 Å². The van der Waals surface area contributed by atoms with Gasteiger partial charge in [-0.2, -0.15) is 0 Å². The monoisotopic (exact) mass is 324 g/mol. The van der Waals surface area contributed by atoms with E-state index in [9.17, 15) is 9.59 Å². The number of nitrogens with zero attached hydrogens (tertiary/aromatic N) is 2. The minimum atomic E-state index is 0.0128. The molecule has 23 heavy (non-hydrogen) atoms. The van der Waals surface area contributed by atoms with Gasteiger partial charge in [-0.25, -0.2) is 4.79 Å². The largest absolute Gasteiger partial charge is 0.352 e. The van der Waals surface area contributed by atoms with E-state index in [0.717, 1.165) is 12.8 Å². The Morgan fingerprint density at radius 1 is 1.13 bits per heavy atom. The number of rotatable bonds is 4. The molecule has 0 spiro atoms. The SMILES string of the molecule is CN(C)C(=O)N1CCC(C(=O)NC(CN)C2CCCCC2)CC1. The van der Waals surface area contributed by atoms with E-state index in [1.165, 1.54) is 32.1 Å². The summed E-state index contributed by atoms with van der Waals surface area (Å²) < 4.78 is 0. The van der Waals surface area contributed by atoms with Crippen LogP contribution in [0.25, 0.3) is 0 Å². The van der Waals surface area contributed by atoms with Crippen LogP contribution in [0.3, 0.4) is 0 Å². The maximum atomic E-state index is 12.5. The van der Waals surface area contributed by atoms with E-state index < -0.39 is 0 Å². The lowest BCUT2D eigenvalue weighted by Crippen LogP contribution is -2.51. The third-order valence-corrected chi connectivity index (χ3v) is 5.32. The van der Waals surface area contributed by atoms with Crippen LogP contribution in [0.4, 0.5) is 4.79 Å². The van der Waals surface area contributed by atoms with Crippen molar-refractivity contribution in [2.24, 2.45) is 17.6 Å². The quantitative estimate of drug-likeness (QED) is 0.820. The first-order valence-corrected chi connectivity index (χ1v) is 8.99. The Balaban J connectivity index is 1.80. The second-order valence-corrected chi connectivity index (χ2v) is 7.19. The molecule has 0 radical (unpaired) electrons. The number of carbonyl (C=O) groups excluding carboxylic acids is 2. The van der Waals surface area contributed by atoms with Gasteiger partial charge in [0, 0.05) is 45.7 Å². The number of amides is 3. The molecule has 2 aliphatic rings. The Hall–Kier alpha value is -1.30. The molecule has 0 bridgehead atoms. The number of piperidine rings is 1. The third kappa shape index (κ3) is 4.83. The molecule has 6 nitrogen and oxygen atoms in total. The lowest BCUT2D eigenvalue weighted by molar-refractivity contribution is -0.127. The van der Waals surface area contributed by atoms with Gasteiger partial charge in [-0.3, -0.25) is 4.79 Å². The van der Waals surface area contributed by atoms with E-state index in [-0.39, 0.29) is 23.9 Å². The van der Waals surface area contributed by atoms with Crippen molar-refractivity contribution in [1.82, 2.24) is 15.1 Å². The summed E-state index contributed by atoms with van der Waals surface area (Å²) in [5.74, 6) is 0.676. The Labute approximate surface area is 139 Å². The second kappa shape index (κ2) is 8.52. The molecule has 0 aromatic rings. The van der Waals surface area contributed by atoms with Crippen LogP contribution in [0.15, 0.2) is 0 Å². The minimum Gasteiger partial charge on any atom is -0.352 e. The average molecular weight is 324 g/mol. The molecule has 2 fully saturated rings. The number of urea groups is 1. The number of carbonyl (C=O) groups is 2. The van der Waals surface area contributed by atoms with Crippen LogP contribution < -0.4 is 11.1 Å². The molecule has 1 heterocycles. The maximum Gasteiger partial charge on any atom is 0.319 e. The first kappa shape index (κ1) is 18.0. The molecule has 1 unspecified atom stereocenters. The lowest BCUT2D eigenvalue weighted by Gasteiger charge is -2.35. The van der Waals surface area contributed by atoms with Crippen LogP contribution in [0, 0.1) is 11.8 Å². The molecule has 6 heteroatoms. The standard InChI is InChI=1S/C17H32N4O2/c1-20(2)17(23)21-10-8-14(9-11-21)16(22)19-15(12-18)13-6-4-3-5-7-13/h13-15H,3-12,18H2,1-2H3,(H,19,22). The van der Waals surface area contributed by atoms with Crippen molar-refractivity contribution in [3.63, 3.8) is 0 Å². The maximum absolute atomic E-state index is 12.5. The lowest BCUT2D eigenvalue weighted by atomic mass is 9.83. The fraction of sp³-hybridized carbons (Fsp3) is 0.882. The van der Waals surface area contributed by atoms with Gasteiger partial charge in [0.05, 0.1) is 0 Å². The van der Waals surface area contributed by atoms with E-state index in [2.05, 4.69) is 5.32 Å². The van der Waals surface area contributed by atoms with E-state index in [1.807, 2.05) is 4.90 Å². The van der Waals surface area contributed by atoms with Crippen LogP contribution in [0.1, 0.15) is 44.9 Å². The Kier molecular flexibility index (Phi) is 6.69. The predicted molar refractivity (Wildman–Crippen MR) is 90.9 cm³/mol. The Morgan fingerprint density at radius 3 is 2.26 bits per heavy atom. The van der Waals surface area contributed by atoms with Crippen molar-refractivity contribution in [2.75, 3.05) is 33.7 Å². The number of hydrogen-bond donors (Lipinski definition) is 2. The highest BCUT2D eigenvalue weighted by Gasteiger charge is 2.30. The zero-order chi connectivity index (χ0) is 16.8. The van der Waals surface area contributed by atoms with Crippen molar-refractivity contribution in [2.45, 2.75) is 51.0 Å². The average Bonchev–Trinajstić information content (AvgIpc) is 2.59. The molecular weight excluding hydrogens is 292 g/mol. The highest BCUT2D eigenvalue weighted by molar-refractivity contribution is 5.80. The van der Waals surface area contributed by atoms with Gasteiger partial charge in [0.25, 0.3) is 0 Å². The molecular formula is C17H32N4O2. The molecule has 3 amide bonds. The van der Waals surface area contributed by atoms with Crippen LogP contribution in [-0.2, 0) is 4.79 Å². The number of hydrogen-bond acceptors (Lipinski definition) is 3. The topological polar surface area (TPSA) is 78.7 Å². The molecule has 1 saturated carbocycles. The molecule has 1 aliphatic carbocycles. The van der Waals surface area contributed by atoms with Gasteiger partial charge < -0.3 is 20.9 Å². The predicted octanol–water partition coefficient (Wildman–Crippen LogP) is 1.40. The molecule has 3 N–H and O–H groups in total. The zero-order valence-electron chi connectivity index (χ0n) is 14.6. The smallest absolute Gasteiger partial charge is 0.319 e. The highest BCUT2D eigenvalue weighted by atomic mass is 16.2. The van der Waals surface area contributed by atoms with Crippen molar-refractivity contribution in [1.29, 1.82) is 0 Å². The summed E-state index contributed by atoms with van der Waals surface area (Å²) in [6.07, 6.45) is 7.65. The summed E-state index contributed by atoms with van der Waals surface area (Å²) >= 11 is 0. The Bertz CT molecular complexity index is 399. The molecule has 1 saturated heterocycles. The summed E-state index contributed by atoms with van der Waals surface area (Å²) in [5, 5.41) is 3.20. The first-order chi connectivity index (χ1) is 11.0. The van der Waals surface area contributed by atoms with Crippen LogP contribution >= 0.6 is 0 Å². The van der Waals surface area contributed by atoms with E-state index >= 15 is 0 Å². The fourth-order valence-corrected chi connectivity index (χ4v) is 3.82. The molecule has 0 aromatic heterocycles. The molecule has 2 rings (SSSR count). The van der Waals surface area contributed by atoms with Crippen molar-refractivity contribution in [3.8, 4) is 0 Å². The summed E-state index contributed by atoms with van der Waals surface area (Å²) in [5.41, 5.74) is 5.90. The van der Waals surface area contributed by atoms with Gasteiger partial charge in [-0.05, 0) is 31.6 Å². The van der Waals surface area contributed by atoms with Crippen LogP contribution in [-0.4, -0.2) is 61.5 Å². The van der Waals surface area contributed by atoms with E-state index in [1.54, 1.807) is 19.0 Å². The fourth-order valence-electron chi connectivity index (χ4n) is 3.82. The molecule has 1 aliphatic heterocycles. The van der Waals surface area contributed by atoms with Gasteiger partial charge in [0.2, 0.25) is 5.91 Å². The third-order valence-electron chi connectivity index (χ3n) is 5.32. The number of nitrogens with two attached hydrogens (primary N) is 1. The van der Waals surface area contributed by atoms with E-state index in [4.69, 9.17) is 5.73 Å². The van der Waals surface area contributed by atoms with Crippen LogP contribution in [0.5, 0.6) is 0 Å². The second-order valence-electron chi connectivity index (χ2n) is 7.19. The summed E-state index contributed by atoms with van der Waals surface area (Å²) in [7, 11) is 3.52. The first-order valence-electron chi connectivity index (χ1n) is 8.99. The number of likely N-dealkylation sites (tertiary alicyclic amines) is 1. The normalized spacial score (nSPS) is 21.8. The van der Waals surface area contributed by atoms with Crippen molar-refractivity contribution >= 4 is 11.9 Å². The van der Waals surface area contributed by atoms with Crippen molar-refractivity contribution in [3.05, 3.63) is 0 Å². The van der Waals surface area contributed by atoms with Crippen LogP contribution in [0.2, 0.25) is 0 Å². The summed E-state index contributed by atoms with van der Waals surface area (Å²) in [6, 6.07) is 0.148. The molecule has 132 valence electrons. The zero-order valence-corrected chi connectivity index (χ0v) is 14.6. The summed E-state index contributed by atoms with van der Waals surface area (Å²) in [6.45, 7) is 1.84. The Morgan fingerprint density at radius 2 is 1.74 bits per heavy atom. The van der Waals surface area contributed by atoms with Gasteiger partial charge >= 0.3 is 6.03 Å². The molecule has 1 atom stereocenters.